The van der Waals surface area contributed by atoms with Gasteiger partial charge in [0.25, 0.3) is 10.0 Å². The number of hydrogen-bond donors (Lipinski definition) is 4. The number of aliphatic hydroxyl groups excluding tert-OH is 1. The second-order valence-electron chi connectivity index (χ2n) is 10.6. The second-order valence-corrected chi connectivity index (χ2v) is 12.3. The largest absolute Gasteiger partial charge is 0.508 e. The highest BCUT2D eigenvalue weighted by Crippen LogP contribution is 2.23. The van der Waals surface area contributed by atoms with Crippen molar-refractivity contribution in [2.45, 2.75) is 69.5 Å². The van der Waals surface area contributed by atoms with Gasteiger partial charge in [-0.3, -0.25) is 9.52 Å². The molecule has 3 rings (SSSR count). The highest BCUT2D eigenvalue weighted by atomic mass is 32.2. The van der Waals surface area contributed by atoms with Crippen LogP contribution in [0.15, 0.2) is 71.6 Å². The monoisotopic (exact) mass is 630 g/mol. The lowest BCUT2D eigenvalue weighted by molar-refractivity contribution is -0.142. The van der Waals surface area contributed by atoms with Gasteiger partial charge in [-0.1, -0.05) is 31.0 Å². The van der Waals surface area contributed by atoms with Gasteiger partial charge in [-0.2, -0.15) is 0 Å². The summed E-state index contributed by atoms with van der Waals surface area (Å²) in [4.78, 5) is 11.2. The Hall–Kier alpha value is -3.51. The van der Waals surface area contributed by atoms with Crippen molar-refractivity contribution in [1.82, 2.24) is 5.32 Å². The molecule has 0 saturated carbocycles. The first-order valence-electron chi connectivity index (χ1n) is 14.9. The topological polar surface area (TPSA) is 134 Å². The molecule has 3 aromatic carbocycles. The number of ether oxygens (including phenoxy) is 2. The number of sulfonamides is 1. The number of nitrogens with one attached hydrogen (secondary N) is 2. The fourth-order valence-electron chi connectivity index (χ4n) is 4.51. The number of unbranched alkanes of at least 4 members (excludes halogenated alkanes) is 4. The van der Waals surface area contributed by atoms with Crippen LogP contribution in [0.2, 0.25) is 0 Å². The molecule has 3 aromatic rings. The van der Waals surface area contributed by atoms with Gasteiger partial charge in [0.15, 0.2) is 0 Å². The molecule has 0 heterocycles. The molecule has 0 bridgehead atoms. The van der Waals surface area contributed by atoms with Crippen LogP contribution < -0.4 is 10.0 Å². The number of rotatable bonds is 20. The number of esters is 1. The number of phenols is 1. The summed E-state index contributed by atoms with van der Waals surface area (Å²) in [6.45, 7) is 3.78. The quantitative estimate of drug-likeness (QED) is 0.0934. The van der Waals surface area contributed by atoms with Crippen LogP contribution in [-0.4, -0.2) is 50.9 Å². The summed E-state index contributed by atoms with van der Waals surface area (Å²) < 4.78 is 51.6. The fourth-order valence-corrected chi connectivity index (χ4v) is 5.64. The second kappa shape index (κ2) is 18.3. The molecular formula is C33H43FN2O7S. The summed E-state index contributed by atoms with van der Waals surface area (Å²) in [5.41, 5.74) is 2.34. The van der Waals surface area contributed by atoms with Crippen LogP contribution in [0.5, 0.6) is 5.75 Å². The van der Waals surface area contributed by atoms with E-state index in [2.05, 4.69) is 10.0 Å². The molecule has 0 unspecified atom stereocenters. The van der Waals surface area contributed by atoms with Crippen LogP contribution in [0.1, 0.15) is 68.2 Å². The Morgan fingerprint density at radius 1 is 0.932 bits per heavy atom. The molecule has 0 aromatic heterocycles. The van der Waals surface area contributed by atoms with Gasteiger partial charge in [0.2, 0.25) is 0 Å². The molecule has 0 spiro atoms. The average molecular weight is 631 g/mol. The smallest absolute Gasteiger partial charge is 0.302 e. The molecular weight excluding hydrogens is 587 g/mol. The number of carbonyl (C=O) groups excluding carboxylic acids is 1. The number of halogens is 1. The molecule has 0 saturated heterocycles. The number of hydrogen-bond acceptors (Lipinski definition) is 8. The molecule has 11 heteroatoms. The van der Waals surface area contributed by atoms with Gasteiger partial charge < -0.3 is 25.0 Å². The van der Waals surface area contributed by atoms with E-state index >= 15 is 0 Å². The predicted molar refractivity (Wildman–Crippen MR) is 167 cm³/mol. The minimum absolute atomic E-state index is 0.0226. The van der Waals surface area contributed by atoms with Gasteiger partial charge in [-0.25, -0.2) is 12.8 Å². The Labute approximate surface area is 259 Å². The van der Waals surface area contributed by atoms with E-state index in [4.69, 9.17) is 9.47 Å². The molecule has 0 radical (unpaired) electrons. The minimum Gasteiger partial charge on any atom is -0.508 e. The Morgan fingerprint density at radius 2 is 1.66 bits per heavy atom. The van der Waals surface area contributed by atoms with Crippen molar-refractivity contribution in [3.8, 4) is 5.75 Å². The van der Waals surface area contributed by atoms with Crippen LogP contribution in [0.4, 0.5) is 10.1 Å². The number of aromatic hydroxyl groups is 1. The van der Waals surface area contributed by atoms with Crippen LogP contribution >= 0.6 is 0 Å². The Morgan fingerprint density at radius 3 is 2.41 bits per heavy atom. The third-order valence-electron chi connectivity index (χ3n) is 6.96. The van der Waals surface area contributed by atoms with Crippen LogP contribution in [0.25, 0.3) is 0 Å². The molecule has 240 valence electrons. The molecule has 0 aliphatic heterocycles. The highest BCUT2D eigenvalue weighted by Gasteiger charge is 2.15. The summed E-state index contributed by atoms with van der Waals surface area (Å²) in [7, 11) is -3.76. The normalized spacial score (nSPS) is 12.2. The average Bonchev–Trinajstić information content (AvgIpc) is 3.00. The first kappa shape index (κ1) is 35.0. The van der Waals surface area contributed by atoms with Gasteiger partial charge in [-0.15, -0.1) is 0 Å². The molecule has 1 atom stereocenters. The lowest BCUT2D eigenvalue weighted by Gasteiger charge is -2.14. The lowest BCUT2D eigenvalue weighted by Crippen LogP contribution is -2.22. The first-order chi connectivity index (χ1) is 21.1. The maximum atomic E-state index is 13.1. The summed E-state index contributed by atoms with van der Waals surface area (Å²) in [6.07, 6.45) is 5.82. The van der Waals surface area contributed by atoms with Crippen molar-refractivity contribution in [3.63, 3.8) is 0 Å². The predicted octanol–water partition coefficient (Wildman–Crippen LogP) is 5.62. The SMILES string of the molecule is CC(=O)OCc1cc([C@@H](O)CNCCCCCCOCCCCc2cccc(S(=O)(=O)Nc3ccc(F)cc3)c2)ccc1O. The Bertz CT molecular complexity index is 1420. The van der Waals surface area contributed by atoms with Gasteiger partial charge in [-0.05, 0) is 98.3 Å². The molecule has 0 aliphatic rings. The third kappa shape index (κ3) is 12.6. The number of carbonyl (C=O) groups is 1. The Kier molecular flexibility index (Phi) is 14.6. The standard InChI is InChI=1S/C33H43FN2O7S/c1-25(37)43-24-28-22-27(12-17-32(28)38)33(39)23-35-18-5-2-3-6-19-42-20-7-4-9-26-10-8-11-31(21-26)44(40,41)36-30-15-13-29(34)14-16-30/h8,10-17,21-22,33,35-36,38-39H,2-7,9,18-20,23-24H2,1H3/t33-/m0/s1. The van der Waals surface area contributed by atoms with E-state index in [-0.39, 0.29) is 17.3 Å². The minimum atomic E-state index is -3.76. The molecule has 0 fully saturated rings. The van der Waals surface area contributed by atoms with Crippen LogP contribution in [0.3, 0.4) is 0 Å². The summed E-state index contributed by atoms with van der Waals surface area (Å²) in [5, 5.41) is 23.6. The van der Waals surface area contributed by atoms with E-state index in [0.29, 0.717) is 36.6 Å². The number of phenolic OH excluding ortho intramolecular Hbond substituents is 1. The van der Waals surface area contributed by atoms with Crippen molar-refractivity contribution in [1.29, 1.82) is 0 Å². The van der Waals surface area contributed by atoms with E-state index in [1.54, 1.807) is 30.3 Å². The molecule has 4 N–H and O–H groups in total. The van der Waals surface area contributed by atoms with E-state index in [1.807, 2.05) is 6.07 Å². The highest BCUT2D eigenvalue weighted by molar-refractivity contribution is 7.92. The molecule has 9 nitrogen and oxygen atoms in total. The lowest BCUT2D eigenvalue weighted by atomic mass is 10.1. The van der Waals surface area contributed by atoms with Gasteiger partial charge in [0.1, 0.15) is 18.2 Å². The van der Waals surface area contributed by atoms with Crippen molar-refractivity contribution < 1.29 is 37.3 Å². The first-order valence-corrected chi connectivity index (χ1v) is 16.4. The van der Waals surface area contributed by atoms with Gasteiger partial charge >= 0.3 is 5.97 Å². The summed E-state index contributed by atoms with van der Waals surface area (Å²) in [6, 6.07) is 16.8. The molecule has 0 aliphatic carbocycles. The number of aryl methyl sites for hydroxylation is 1. The number of aliphatic hydroxyl groups is 1. The van der Waals surface area contributed by atoms with E-state index in [1.165, 1.54) is 37.3 Å². The fraction of sp³-hybridized carbons (Fsp3) is 0.424. The van der Waals surface area contributed by atoms with Crippen molar-refractivity contribution in [2.75, 3.05) is 31.0 Å². The maximum Gasteiger partial charge on any atom is 0.302 e. The van der Waals surface area contributed by atoms with Gasteiger partial charge in [0.05, 0.1) is 11.0 Å². The van der Waals surface area contributed by atoms with E-state index < -0.39 is 27.9 Å². The van der Waals surface area contributed by atoms with Crippen LogP contribution in [-0.2, 0) is 37.3 Å². The maximum absolute atomic E-state index is 13.1. The van der Waals surface area contributed by atoms with Crippen molar-refractivity contribution in [3.05, 3.63) is 89.2 Å². The van der Waals surface area contributed by atoms with Crippen LogP contribution in [0, 0.1) is 5.82 Å². The molecule has 44 heavy (non-hydrogen) atoms. The van der Waals surface area contributed by atoms with Crippen molar-refractivity contribution >= 4 is 21.7 Å². The zero-order valence-corrected chi connectivity index (χ0v) is 26.0. The van der Waals surface area contributed by atoms with Crippen molar-refractivity contribution in [2.24, 2.45) is 0 Å². The van der Waals surface area contributed by atoms with E-state index in [0.717, 1.165) is 57.1 Å². The Balaban J connectivity index is 1.20. The third-order valence-corrected chi connectivity index (χ3v) is 8.34. The number of anilines is 1. The van der Waals surface area contributed by atoms with Gasteiger partial charge in [0, 0.05) is 37.9 Å². The van der Waals surface area contributed by atoms with E-state index in [9.17, 15) is 27.8 Å². The summed E-state index contributed by atoms with van der Waals surface area (Å²) >= 11 is 0. The summed E-state index contributed by atoms with van der Waals surface area (Å²) in [5.74, 6) is -0.843. The zero-order valence-electron chi connectivity index (χ0n) is 25.1. The zero-order chi connectivity index (χ0) is 31.8. The number of benzene rings is 3. The molecule has 0 amide bonds.